The van der Waals surface area contributed by atoms with Crippen molar-refractivity contribution in [1.82, 2.24) is 0 Å². The van der Waals surface area contributed by atoms with Crippen molar-refractivity contribution in [2.45, 2.75) is 12.5 Å². The van der Waals surface area contributed by atoms with Gasteiger partial charge in [0.05, 0.1) is 0 Å². The summed E-state index contributed by atoms with van der Waals surface area (Å²) in [6, 6.07) is -0.123. The zero-order valence-electron chi connectivity index (χ0n) is 5.33. The second kappa shape index (κ2) is 5.55. The van der Waals surface area contributed by atoms with Crippen LogP contribution in [0.15, 0.2) is 0 Å². The Morgan fingerprint density at radius 3 is 2.78 bits per heavy atom. The van der Waals surface area contributed by atoms with Crippen molar-refractivity contribution in [1.29, 1.82) is 0 Å². The van der Waals surface area contributed by atoms with Gasteiger partial charge >= 0.3 is 72.6 Å². The first-order chi connectivity index (χ1) is 4.18. The van der Waals surface area contributed by atoms with Crippen LogP contribution in [0.5, 0.6) is 0 Å². The molecule has 0 aliphatic rings. The zero-order chi connectivity index (χ0) is 7.28. The van der Waals surface area contributed by atoms with Crippen LogP contribution >= 0.6 is 11.8 Å². The molecule has 0 saturated carbocycles. The maximum absolute atomic E-state index is 8.83. The van der Waals surface area contributed by atoms with E-state index < -0.39 is 0 Å². The minimum atomic E-state index is -0.123. The first-order valence-corrected chi connectivity index (χ1v) is 5.21. The van der Waals surface area contributed by atoms with E-state index in [0.717, 1.165) is 12.2 Å². The molecule has 2 nitrogen and oxygen atoms in total. The van der Waals surface area contributed by atoms with Gasteiger partial charge in [-0.1, -0.05) is 0 Å². The van der Waals surface area contributed by atoms with E-state index in [4.69, 9.17) is 10.8 Å². The van der Waals surface area contributed by atoms with Crippen molar-refractivity contribution in [2.24, 2.45) is 5.73 Å². The molecular weight excluding hydrogens is 250 g/mol. The van der Waals surface area contributed by atoms with Gasteiger partial charge in [0.15, 0.2) is 0 Å². The third-order valence-electron chi connectivity index (χ3n) is 0.950. The van der Waals surface area contributed by atoms with E-state index in [2.05, 4.69) is 0 Å². The van der Waals surface area contributed by atoms with Gasteiger partial charge in [0.1, 0.15) is 0 Å². The maximum atomic E-state index is 8.83. The van der Waals surface area contributed by atoms with Crippen molar-refractivity contribution in [3.8, 4) is 0 Å². The average molecular weight is 261 g/mol. The number of aliphatic hydroxyl groups is 1. The molecule has 4 heteroatoms. The Kier molecular flexibility index (Phi) is 6.02. The van der Waals surface area contributed by atoms with E-state index in [9.17, 15) is 0 Å². The Balaban J connectivity index is 3.27. The van der Waals surface area contributed by atoms with Gasteiger partial charge < -0.3 is 0 Å². The van der Waals surface area contributed by atoms with E-state index in [1.54, 1.807) is 33.6 Å². The third-order valence-corrected chi connectivity index (χ3v) is 2.46. The van der Waals surface area contributed by atoms with Crippen molar-refractivity contribution in [3.05, 3.63) is 0 Å². The number of rotatable bonds is 4. The summed E-state index contributed by atoms with van der Waals surface area (Å²) in [5.41, 5.74) is 5.50. The number of nitrogens with two attached hydrogens (primary N) is 1. The fourth-order valence-electron chi connectivity index (χ4n) is 0.368. The molecule has 0 saturated heterocycles. The Morgan fingerprint density at radius 1 is 1.89 bits per heavy atom. The number of hydrogen-bond acceptors (Lipinski definition) is 3. The molecule has 0 spiro atoms. The summed E-state index contributed by atoms with van der Waals surface area (Å²) in [6.07, 6.45) is 2.90. The first-order valence-electron chi connectivity index (χ1n) is 2.65. The number of aliphatic hydroxyl groups excluding tert-OH is 1. The average Bonchev–Trinajstić information content (AvgIpc) is 1.82. The predicted octanol–water partition coefficient (Wildman–Crippen LogP) is -0.262. The van der Waals surface area contributed by atoms with Crippen molar-refractivity contribution in [2.75, 3.05) is 12.0 Å². The van der Waals surface area contributed by atoms with E-state index in [0.29, 0.717) is 3.74 Å². The third kappa shape index (κ3) is 5.23. The molecular formula is C5H11NOSTe. The van der Waals surface area contributed by atoms with Crippen LogP contribution in [0.4, 0.5) is 0 Å². The Morgan fingerprint density at radius 2 is 2.44 bits per heavy atom. The van der Waals surface area contributed by atoms with Gasteiger partial charge in [-0.15, -0.1) is 0 Å². The zero-order valence-corrected chi connectivity index (χ0v) is 8.48. The second-order valence-electron chi connectivity index (χ2n) is 1.73. The minimum absolute atomic E-state index is 0.123. The van der Waals surface area contributed by atoms with Gasteiger partial charge in [-0.25, -0.2) is 0 Å². The quantitative estimate of drug-likeness (QED) is 0.685. The van der Waals surface area contributed by atoms with Crippen molar-refractivity contribution >= 4 is 37.3 Å². The summed E-state index contributed by atoms with van der Waals surface area (Å²) < 4.78 is 0.347. The van der Waals surface area contributed by atoms with Gasteiger partial charge in [-0.3, -0.25) is 0 Å². The SMILES string of the molecule is CSCC[C@H](N)C(O)=[Te]. The first kappa shape index (κ1) is 9.77. The van der Waals surface area contributed by atoms with Crippen molar-refractivity contribution < 1.29 is 5.11 Å². The van der Waals surface area contributed by atoms with E-state index in [1.807, 2.05) is 6.26 Å². The van der Waals surface area contributed by atoms with Gasteiger partial charge in [-0.2, -0.15) is 0 Å². The van der Waals surface area contributed by atoms with Gasteiger partial charge in [0.2, 0.25) is 0 Å². The monoisotopic (exact) mass is 263 g/mol. The molecule has 0 aromatic rings. The van der Waals surface area contributed by atoms with Crippen LogP contribution in [-0.4, -0.2) is 48.7 Å². The Hall–Kier alpha value is 0.770. The van der Waals surface area contributed by atoms with E-state index >= 15 is 0 Å². The van der Waals surface area contributed by atoms with Crippen LogP contribution in [0.25, 0.3) is 0 Å². The molecule has 0 radical (unpaired) electrons. The van der Waals surface area contributed by atoms with Crippen LogP contribution in [0.1, 0.15) is 6.42 Å². The standard InChI is InChI=1S/C5H11NOSTe/c1-8-3-2-4(6)5(7)9/h4H,2-3,6H2,1H3,(H,7,9)/t4-/m0/s1. The molecule has 0 amide bonds. The molecule has 0 rings (SSSR count). The van der Waals surface area contributed by atoms with Crippen molar-refractivity contribution in [3.63, 3.8) is 0 Å². The summed E-state index contributed by atoms with van der Waals surface area (Å²) in [7, 11) is 0. The Bertz CT molecular complexity index is 99.0. The molecule has 0 bridgehead atoms. The van der Waals surface area contributed by atoms with Crippen LogP contribution < -0.4 is 5.73 Å². The fourth-order valence-corrected chi connectivity index (χ4v) is 1.19. The molecule has 54 valence electrons. The van der Waals surface area contributed by atoms with Crippen LogP contribution in [-0.2, 0) is 0 Å². The molecule has 0 heterocycles. The Labute approximate surface area is 72.6 Å². The van der Waals surface area contributed by atoms with E-state index in [1.165, 1.54) is 0 Å². The molecule has 0 aliphatic heterocycles. The van der Waals surface area contributed by atoms with Gasteiger partial charge in [-0.05, 0) is 0 Å². The van der Waals surface area contributed by atoms with Gasteiger partial charge in [0.25, 0.3) is 0 Å². The summed E-state index contributed by atoms with van der Waals surface area (Å²) >= 11 is 3.32. The second-order valence-corrected chi connectivity index (χ2v) is 3.91. The normalized spacial score (nSPS) is 13.1. The molecule has 0 aliphatic carbocycles. The number of hydrogen-bond donors (Lipinski definition) is 2. The molecule has 0 aromatic carbocycles. The predicted molar refractivity (Wildman–Crippen MR) is 43.7 cm³/mol. The topological polar surface area (TPSA) is 46.2 Å². The van der Waals surface area contributed by atoms with E-state index in [-0.39, 0.29) is 6.04 Å². The number of thioether (sulfide) groups is 1. The van der Waals surface area contributed by atoms with Crippen LogP contribution in [0.3, 0.4) is 0 Å². The summed E-state index contributed by atoms with van der Waals surface area (Å²) in [4.78, 5) is 0. The molecule has 1 atom stereocenters. The molecule has 0 aromatic heterocycles. The van der Waals surface area contributed by atoms with Gasteiger partial charge in [0, 0.05) is 0 Å². The van der Waals surface area contributed by atoms with Crippen LogP contribution in [0, 0.1) is 0 Å². The van der Waals surface area contributed by atoms with Crippen LogP contribution in [0.2, 0.25) is 0 Å². The molecule has 0 fully saturated rings. The molecule has 3 N–H and O–H groups in total. The fraction of sp³-hybridized carbons (Fsp3) is 0.800. The summed E-state index contributed by atoms with van der Waals surface area (Å²) in [5, 5.41) is 8.83. The molecule has 9 heavy (non-hydrogen) atoms. The summed E-state index contributed by atoms with van der Waals surface area (Å²) in [6.45, 7) is 0. The summed E-state index contributed by atoms with van der Waals surface area (Å²) in [5.74, 6) is 1.01. The molecule has 0 unspecified atom stereocenters.